The van der Waals surface area contributed by atoms with Gasteiger partial charge in [-0.3, -0.25) is 14.5 Å². The van der Waals surface area contributed by atoms with Crippen LogP contribution in [0.5, 0.6) is 0 Å². The van der Waals surface area contributed by atoms with Gasteiger partial charge in [-0.15, -0.1) is 0 Å². The minimum atomic E-state index is -0.150. The molecule has 5 nitrogen and oxygen atoms in total. The Morgan fingerprint density at radius 1 is 0.938 bits per heavy atom. The van der Waals surface area contributed by atoms with Crippen LogP contribution in [0.3, 0.4) is 0 Å². The van der Waals surface area contributed by atoms with Crippen molar-refractivity contribution in [3.05, 3.63) is 70.8 Å². The molecule has 1 aliphatic heterocycles. The van der Waals surface area contributed by atoms with Crippen LogP contribution in [0.2, 0.25) is 0 Å². The second kappa shape index (κ2) is 11.9. The molecule has 1 heterocycles. The summed E-state index contributed by atoms with van der Waals surface area (Å²) in [5, 5.41) is 12.5. The maximum atomic E-state index is 12.4. The molecular formula is C27H36N2O3. The largest absolute Gasteiger partial charge is 0.393 e. The Morgan fingerprint density at radius 3 is 2.16 bits per heavy atom. The molecule has 3 rings (SSSR count). The van der Waals surface area contributed by atoms with Gasteiger partial charge in [0.15, 0.2) is 5.78 Å². The molecule has 0 aliphatic carbocycles. The van der Waals surface area contributed by atoms with Crippen LogP contribution in [0.15, 0.2) is 48.5 Å². The van der Waals surface area contributed by atoms with Crippen molar-refractivity contribution in [3.63, 3.8) is 0 Å². The molecular weight excluding hydrogens is 400 g/mol. The van der Waals surface area contributed by atoms with E-state index < -0.39 is 0 Å². The van der Waals surface area contributed by atoms with Crippen molar-refractivity contribution in [2.45, 2.75) is 65.1 Å². The molecule has 1 fully saturated rings. The summed E-state index contributed by atoms with van der Waals surface area (Å²) in [6.07, 6.45) is 2.96. The SMILES string of the molecule is CC(C)Cc1ccc(C(=O)CCC(=O)NCc2ccc(CN3CCC(O)CC3)cc2)cc1. The van der Waals surface area contributed by atoms with Crippen LogP contribution < -0.4 is 5.32 Å². The van der Waals surface area contributed by atoms with E-state index in [9.17, 15) is 14.7 Å². The standard InChI is InChI=1S/C27H36N2O3/c1-20(2)17-21-7-9-24(10-8-21)26(31)11-12-27(32)28-18-22-3-5-23(6-4-22)19-29-15-13-25(30)14-16-29/h3-10,20,25,30H,11-19H2,1-2H3,(H,28,32). The van der Waals surface area contributed by atoms with Gasteiger partial charge in [0.1, 0.15) is 0 Å². The Hall–Kier alpha value is -2.50. The van der Waals surface area contributed by atoms with Gasteiger partial charge in [0.05, 0.1) is 6.10 Å². The number of nitrogens with one attached hydrogen (secondary N) is 1. The molecule has 0 unspecified atom stereocenters. The summed E-state index contributed by atoms with van der Waals surface area (Å²) in [5.74, 6) is 0.484. The second-order valence-corrected chi connectivity index (χ2v) is 9.32. The van der Waals surface area contributed by atoms with E-state index in [-0.39, 0.29) is 30.6 Å². The third-order valence-electron chi connectivity index (χ3n) is 5.97. The van der Waals surface area contributed by atoms with E-state index in [2.05, 4.69) is 36.2 Å². The number of carbonyl (C=O) groups is 2. The number of amides is 1. The molecule has 0 atom stereocenters. The molecule has 172 valence electrons. The Kier molecular flexibility index (Phi) is 9.00. The molecule has 2 N–H and O–H groups in total. The highest BCUT2D eigenvalue weighted by molar-refractivity contribution is 5.97. The lowest BCUT2D eigenvalue weighted by Gasteiger charge is -2.29. The zero-order valence-corrected chi connectivity index (χ0v) is 19.3. The molecule has 0 spiro atoms. The molecule has 0 radical (unpaired) electrons. The Bertz CT molecular complexity index is 867. The van der Waals surface area contributed by atoms with Gasteiger partial charge < -0.3 is 10.4 Å². The number of rotatable bonds is 10. The fourth-order valence-corrected chi connectivity index (χ4v) is 4.06. The number of aliphatic hydroxyl groups excluding tert-OH is 1. The van der Waals surface area contributed by atoms with Crippen molar-refractivity contribution in [2.24, 2.45) is 5.92 Å². The van der Waals surface area contributed by atoms with Crippen molar-refractivity contribution >= 4 is 11.7 Å². The summed E-state index contributed by atoms with van der Waals surface area (Å²) in [5.41, 5.74) is 4.18. The van der Waals surface area contributed by atoms with Crippen LogP contribution in [-0.4, -0.2) is 40.9 Å². The van der Waals surface area contributed by atoms with Crippen LogP contribution in [0.25, 0.3) is 0 Å². The highest BCUT2D eigenvalue weighted by atomic mass is 16.3. The number of ketones is 1. The molecule has 0 aromatic heterocycles. The zero-order valence-electron chi connectivity index (χ0n) is 19.3. The van der Waals surface area contributed by atoms with E-state index in [1.54, 1.807) is 0 Å². The lowest BCUT2D eigenvalue weighted by molar-refractivity contribution is -0.121. The van der Waals surface area contributed by atoms with Crippen LogP contribution >= 0.6 is 0 Å². The average Bonchev–Trinajstić information content (AvgIpc) is 2.78. The fourth-order valence-electron chi connectivity index (χ4n) is 4.06. The van der Waals surface area contributed by atoms with Crippen LogP contribution in [0, 0.1) is 5.92 Å². The molecule has 2 aromatic rings. The van der Waals surface area contributed by atoms with E-state index in [1.807, 2.05) is 36.4 Å². The lowest BCUT2D eigenvalue weighted by atomic mass is 9.99. The van der Waals surface area contributed by atoms with Crippen LogP contribution in [0.1, 0.15) is 66.6 Å². The van der Waals surface area contributed by atoms with Gasteiger partial charge in [-0.1, -0.05) is 62.4 Å². The number of nitrogens with zero attached hydrogens (tertiary/aromatic N) is 1. The number of hydrogen-bond donors (Lipinski definition) is 2. The maximum absolute atomic E-state index is 12.4. The van der Waals surface area contributed by atoms with E-state index in [0.717, 1.165) is 44.5 Å². The topological polar surface area (TPSA) is 69.6 Å². The first kappa shape index (κ1) is 24.1. The van der Waals surface area contributed by atoms with Gasteiger partial charge in [-0.2, -0.15) is 0 Å². The summed E-state index contributed by atoms with van der Waals surface area (Å²) in [7, 11) is 0. The summed E-state index contributed by atoms with van der Waals surface area (Å²) in [6, 6.07) is 16.0. The van der Waals surface area contributed by atoms with E-state index >= 15 is 0 Å². The Morgan fingerprint density at radius 2 is 1.53 bits per heavy atom. The van der Waals surface area contributed by atoms with Gasteiger partial charge in [0, 0.05) is 44.6 Å². The van der Waals surface area contributed by atoms with Crippen molar-refractivity contribution in [3.8, 4) is 0 Å². The van der Waals surface area contributed by atoms with Crippen LogP contribution in [-0.2, 0) is 24.3 Å². The van der Waals surface area contributed by atoms with Crippen molar-refractivity contribution in [1.82, 2.24) is 10.2 Å². The maximum Gasteiger partial charge on any atom is 0.220 e. The third kappa shape index (κ3) is 7.88. The van der Waals surface area contributed by atoms with Crippen molar-refractivity contribution < 1.29 is 14.7 Å². The summed E-state index contributed by atoms with van der Waals surface area (Å²) in [4.78, 5) is 26.9. The number of aliphatic hydroxyl groups is 1. The minimum Gasteiger partial charge on any atom is -0.393 e. The number of benzene rings is 2. The zero-order chi connectivity index (χ0) is 22.9. The highest BCUT2D eigenvalue weighted by Crippen LogP contribution is 2.15. The van der Waals surface area contributed by atoms with Gasteiger partial charge in [0.2, 0.25) is 5.91 Å². The monoisotopic (exact) mass is 436 g/mol. The minimum absolute atomic E-state index is 0.00540. The Balaban J connectivity index is 1.37. The Labute approximate surface area is 191 Å². The molecule has 1 amide bonds. The smallest absolute Gasteiger partial charge is 0.220 e. The molecule has 1 aliphatic rings. The third-order valence-corrected chi connectivity index (χ3v) is 5.97. The number of carbonyl (C=O) groups excluding carboxylic acids is 2. The quantitative estimate of drug-likeness (QED) is 0.550. The van der Waals surface area contributed by atoms with E-state index in [4.69, 9.17) is 0 Å². The van der Waals surface area contributed by atoms with E-state index in [1.165, 1.54) is 11.1 Å². The predicted octanol–water partition coefficient (Wildman–Crippen LogP) is 4.12. The molecule has 2 aromatic carbocycles. The molecule has 0 bridgehead atoms. The normalized spacial score (nSPS) is 15.1. The second-order valence-electron chi connectivity index (χ2n) is 9.32. The molecule has 1 saturated heterocycles. The average molecular weight is 437 g/mol. The van der Waals surface area contributed by atoms with Gasteiger partial charge in [0.25, 0.3) is 0 Å². The highest BCUT2D eigenvalue weighted by Gasteiger charge is 2.16. The first-order valence-electron chi connectivity index (χ1n) is 11.8. The van der Waals surface area contributed by atoms with Gasteiger partial charge >= 0.3 is 0 Å². The summed E-state index contributed by atoms with van der Waals surface area (Å²) >= 11 is 0. The first-order chi connectivity index (χ1) is 15.4. The molecule has 5 heteroatoms. The number of hydrogen-bond acceptors (Lipinski definition) is 4. The predicted molar refractivity (Wildman–Crippen MR) is 127 cm³/mol. The van der Waals surface area contributed by atoms with Gasteiger partial charge in [-0.05, 0) is 41.9 Å². The number of piperidine rings is 1. The fraction of sp³-hybridized carbons (Fsp3) is 0.481. The molecule has 32 heavy (non-hydrogen) atoms. The lowest BCUT2D eigenvalue weighted by Crippen LogP contribution is -2.35. The van der Waals surface area contributed by atoms with Gasteiger partial charge in [-0.25, -0.2) is 0 Å². The number of Topliss-reactive ketones (excluding diaryl/α,β-unsaturated/α-hetero) is 1. The van der Waals surface area contributed by atoms with E-state index in [0.29, 0.717) is 18.0 Å². The van der Waals surface area contributed by atoms with Crippen molar-refractivity contribution in [2.75, 3.05) is 13.1 Å². The van der Waals surface area contributed by atoms with Crippen molar-refractivity contribution in [1.29, 1.82) is 0 Å². The summed E-state index contributed by atoms with van der Waals surface area (Å²) in [6.45, 7) is 7.56. The number of likely N-dealkylation sites (tertiary alicyclic amines) is 1. The molecule has 0 saturated carbocycles. The van der Waals surface area contributed by atoms with Crippen LogP contribution in [0.4, 0.5) is 0 Å². The first-order valence-corrected chi connectivity index (χ1v) is 11.8. The summed E-state index contributed by atoms with van der Waals surface area (Å²) < 4.78 is 0.